The first-order valence-electron chi connectivity index (χ1n) is 3.11. The van der Waals surface area contributed by atoms with Crippen molar-refractivity contribution in [3.8, 4) is 5.75 Å². The van der Waals surface area contributed by atoms with E-state index in [-0.39, 0.29) is 11.0 Å². The van der Waals surface area contributed by atoms with Gasteiger partial charge in [0.05, 0.1) is 5.54 Å². The highest BCUT2D eigenvalue weighted by Gasteiger charge is 1.96. The maximum atomic E-state index is 12.4. The fourth-order valence-corrected chi connectivity index (χ4v) is 0.771. The second-order valence-corrected chi connectivity index (χ2v) is 2.56. The molecule has 4 heteroatoms. The molecule has 0 atom stereocenters. The second-order valence-electron chi connectivity index (χ2n) is 1.97. The van der Waals surface area contributed by atoms with Gasteiger partial charge in [-0.2, -0.15) is 0 Å². The third-order valence-corrected chi connectivity index (χ3v) is 1.61. The van der Waals surface area contributed by atoms with Crippen LogP contribution in [-0.2, 0) is 0 Å². The molecule has 0 spiro atoms. The Bertz CT molecular complexity index is 282. The van der Waals surface area contributed by atoms with Gasteiger partial charge in [-0.25, -0.2) is 4.39 Å². The van der Waals surface area contributed by atoms with Gasteiger partial charge >= 0.3 is 0 Å². The van der Waals surface area contributed by atoms with Crippen LogP contribution in [0.5, 0.6) is 5.75 Å². The van der Waals surface area contributed by atoms with Crippen LogP contribution in [0.2, 0.25) is 0 Å². The lowest BCUT2D eigenvalue weighted by Crippen LogP contribution is -1.86. The van der Waals surface area contributed by atoms with Crippen LogP contribution in [0.4, 0.5) is 4.39 Å². The molecule has 1 aromatic rings. The highest BCUT2D eigenvalue weighted by molar-refractivity contribution is 6.35. The highest BCUT2D eigenvalue weighted by Crippen LogP contribution is 2.16. The third-order valence-electron chi connectivity index (χ3n) is 1.11. The van der Waals surface area contributed by atoms with Crippen molar-refractivity contribution < 1.29 is 9.13 Å². The van der Waals surface area contributed by atoms with E-state index in [4.69, 9.17) is 27.9 Å². The largest absolute Gasteiger partial charge is 0.444 e. The van der Waals surface area contributed by atoms with Gasteiger partial charge in [0.25, 0.3) is 0 Å². The molecular formula is C8H5Cl2FO. The molecule has 12 heavy (non-hydrogen) atoms. The van der Waals surface area contributed by atoms with Crippen molar-refractivity contribution in [3.05, 3.63) is 40.8 Å². The SMILES string of the molecule is Fc1ccc(O/C(Cl)=C\Cl)cc1. The lowest BCUT2D eigenvalue weighted by Gasteiger charge is -2.01. The summed E-state index contributed by atoms with van der Waals surface area (Å²) in [4.78, 5) is 0. The molecule has 0 aliphatic rings. The molecule has 1 aromatic carbocycles. The van der Waals surface area contributed by atoms with E-state index in [2.05, 4.69) is 0 Å². The Morgan fingerprint density at radius 3 is 2.42 bits per heavy atom. The quantitative estimate of drug-likeness (QED) is 0.674. The zero-order chi connectivity index (χ0) is 8.97. The van der Waals surface area contributed by atoms with Gasteiger partial charge in [-0.15, -0.1) is 0 Å². The normalized spacial score (nSPS) is 11.4. The molecule has 0 aromatic heterocycles. The Kier molecular flexibility index (Phi) is 3.38. The van der Waals surface area contributed by atoms with Gasteiger partial charge < -0.3 is 4.74 Å². The first-order chi connectivity index (χ1) is 5.72. The molecule has 1 rings (SSSR count). The molecule has 0 aliphatic carbocycles. The minimum atomic E-state index is -0.326. The predicted octanol–water partition coefficient (Wildman–Crippen LogP) is 3.48. The number of hydrogen-bond acceptors (Lipinski definition) is 1. The minimum Gasteiger partial charge on any atom is -0.444 e. The molecule has 0 saturated heterocycles. The summed E-state index contributed by atoms with van der Waals surface area (Å²) in [6.07, 6.45) is 0. The molecule has 0 amide bonds. The molecule has 0 saturated carbocycles. The maximum Gasteiger partial charge on any atom is 0.205 e. The zero-order valence-electron chi connectivity index (χ0n) is 5.93. The Hall–Kier alpha value is -0.730. The van der Waals surface area contributed by atoms with E-state index < -0.39 is 0 Å². The van der Waals surface area contributed by atoms with Crippen LogP contribution in [0.3, 0.4) is 0 Å². The van der Waals surface area contributed by atoms with Gasteiger partial charge in [-0.1, -0.05) is 11.6 Å². The third kappa shape index (κ3) is 2.72. The van der Waals surface area contributed by atoms with Crippen LogP contribution in [0.1, 0.15) is 0 Å². The van der Waals surface area contributed by atoms with Crippen molar-refractivity contribution in [2.24, 2.45) is 0 Å². The van der Waals surface area contributed by atoms with Crippen molar-refractivity contribution in [1.29, 1.82) is 0 Å². The summed E-state index contributed by atoms with van der Waals surface area (Å²) in [5.74, 6) is 0.117. The van der Waals surface area contributed by atoms with Gasteiger partial charge in [0.2, 0.25) is 5.22 Å². The number of ether oxygens (including phenoxy) is 1. The van der Waals surface area contributed by atoms with Gasteiger partial charge in [-0.3, -0.25) is 0 Å². The molecular weight excluding hydrogens is 202 g/mol. The van der Waals surface area contributed by atoms with Crippen LogP contribution in [0.25, 0.3) is 0 Å². The summed E-state index contributed by atoms with van der Waals surface area (Å²) in [5.41, 5.74) is 1.09. The molecule has 0 aliphatic heterocycles. The van der Waals surface area contributed by atoms with Crippen molar-refractivity contribution in [3.63, 3.8) is 0 Å². The fourth-order valence-electron chi connectivity index (χ4n) is 0.637. The summed E-state index contributed by atoms with van der Waals surface area (Å²) in [7, 11) is 0. The Morgan fingerprint density at radius 1 is 1.33 bits per heavy atom. The van der Waals surface area contributed by atoms with Crippen molar-refractivity contribution >= 4 is 23.2 Å². The van der Waals surface area contributed by atoms with Crippen molar-refractivity contribution in [2.75, 3.05) is 0 Å². The summed E-state index contributed by atoms with van der Waals surface area (Å²) in [6.45, 7) is 0. The van der Waals surface area contributed by atoms with E-state index in [0.29, 0.717) is 5.75 Å². The number of benzene rings is 1. The van der Waals surface area contributed by atoms with E-state index in [1.807, 2.05) is 0 Å². The fraction of sp³-hybridized carbons (Fsp3) is 0. The number of rotatable bonds is 2. The zero-order valence-corrected chi connectivity index (χ0v) is 7.44. The van der Waals surface area contributed by atoms with Gasteiger partial charge in [0, 0.05) is 0 Å². The van der Waals surface area contributed by atoms with E-state index in [0.717, 1.165) is 5.54 Å². The maximum absolute atomic E-state index is 12.4. The predicted molar refractivity (Wildman–Crippen MR) is 46.8 cm³/mol. The number of halogens is 3. The Balaban J connectivity index is 2.71. The molecule has 64 valence electrons. The summed E-state index contributed by atoms with van der Waals surface area (Å²) in [5, 5.41) is 0.0447. The van der Waals surface area contributed by atoms with E-state index >= 15 is 0 Å². The first-order valence-corrected chi connectivity index (χ1v) is 3.93. The average Bonchev–Trinajstić information content (AvgIpc) is 2.09. The summed E-state index contributed by atoms with van der Waals surface area (Å²) >= 11 is 10.7. The second kappa shape index (κ2) is 4.33. The van der Waals surface area contributed by atoms with E-state index in [1.165, 1.54) is 24.3 Å². The van der Waals surface area contributed by atoms with Crippen LogP contribution >= 0.6 is 23.2 Å². The topological polar surface area (TPSA) is 9.23 Å². The van der Waals surface area contributed by atoms with Crippen LogP contribution in [0.15, 0.2) is 35.0 Å². The van der Waals surface area contributed by atoms with E-state index in [9.17, 15) is 4.39 Å². The standard InChI is InChI=1S/C8H5Cl2FO/c9-5-8(10)12-7-3-1-6(11)2-4-7/h1-5H/b8-5-. The minimum absolute atomic E-state index is 0.0447. The Labute approximate surface area is 79.4 Å². The average molecular weight is 207 g/mol. The van der Waals surface area contributed by atoms with Crippen molar-refractivity contribution in [1.82, 2.24) is 0 Å². The molecule has 0 heterocycles. The van der Waals surface area contributed by atoms with Crippen LogP contribution in [-0.4, -0.2) is 0 Å². The van der Waals surface area contributed by atoms with Crippen LogP contribution < -0.4 is 4.74 Å². The first kappa shape index (κ1) is 9.36. The van der Waals surface area contributed by atoms with Crippen LogP contribution in [0, 0.1) is 5.82 Å². The monoisotopic (exact) mass is 206 g/mol. The van der Waals surface area contributed by atoms with Gasteiger partial charge in [0.15, 0.2) is 0 Å². The lowest BCUT2D eigenvalue weighted by molar-refractivity contribution is 0.462. The molecule has 1 nitrogen and oxygen atoms in total. The van der Waals surface area contributed by atoms with E-state index in [1.54, 1.807) is 0 Å². The summed E-state index contributed by atoms with van der Waals surface area (Å²) < 4.78 is 17.3. The smallest absolute Gasteiger partial charge is 0.205 e. The lowest BCUT2D eigenvalue weighted by atomic mass is 10.3. The van der Waals surface area contributed by atoms with Gasteiger partial charge in [0.1, 0.15) is 11.6 Å². The molecule has 0 fully saturated rings. The molecule has 0 bridgehead atoms. The molecule has 0 N–H and O–H groups in total. The van der Waals surface area contributed by atoms with Gasteiger partial charge in [-0.05, 0) is 35.9 Å². The Morgan fingerprint density at radius 2 is 1.92 bits per heavy atom. The summed E-state index contributed by atoms with van der Waals surface area (Å²) in [6, 6.07) is 5.46. The highest BCUT2D eigenvalue weighted by atomic mass is 35.5. The molecule has 0 unspecified atom stereocenters. The van der Waals surface area contributed by atoms with Crippen molar-refractivity contribution in [2.45, 2.75) is 0 Å². The number of hydrogen-bond donors (Lipinski definition) is 0. The molecule has 0 radical (unpaired) electrons.